The van der Waals surface area contributed by atoms with Gasteiger partial charge in [-0.1, -0.05) is 65.0 Å². The van der Waals surface area contributed by atoms with Gasteiger partial charge in [0.1, 0.15) is 0 Å². The van der Waals surface area contributed by atoms with E-state index in [1.807, 2.05) is 0 Å². The van der Waals surface area contributed by atoms with E-state index in [2.05, 4.69) is 75.6 Å². The summed E-state index contributed by atoms with van der Waals surface area (Å²) in [4.78, 5) is 0. The lowest BCUT2D eigenvalue weighted by molar-refractivity contribution is -0.185. The van der Waals surface area contributed by atoms with Crippen LogP contribution in [0, 0.1) is 52.3 Å². The Morgan fingerprint density at radius 3 is 2.37 bits per heavy atom. The van der Waals surface area contributed by atoms with E-state index >= 15 is 0 Å². The van der Waals surface area contributed by atoms with E-state index in [0.717, 1.165) is 75.7 Å². The maximum absolute atomic E-state index is 10.6. The summed E-state index contributed by atoms with van der Waals surface area (Å²) in [7, 11) is 0. The lowest BCUT2D eigenvalue weighted by Gasteiger charge is -2.63. The Bertz CT molecular complexity index is 1040. The van der Waals surface area contributed by atoms with Crippen LogP contribution < -0.4 is 16.4 Å². The first-order chi connectivity index (χ1) is 22.2. The van der Waals surface area contributed by atoms with Crippen molar-refractivity contribution in [2.24, 2.45) is 58.0 Å². The molecule has 1 aromatic rings. The zero-order valence-corrected chi connectivity index (χ0v) is 30.3. The molecule has 4 aliphatic carbocycles. The molecule has 0 radical (unpaired) electrons. The van der Waals surface area contributed by atoms with Gasteiger partial charge in [-0.3, -0.25) is 0 Å². The zero-order valence-electron chi connectivity index (χ0n) is 30.3. The molecule has 5 heteroatoms. The first kappa shape index (κ1) is 36.3. The van der Waals surface area contributed by atoms with E-state index in [9.17, 15) is 5.11 Å². The molecule has 0 amide bonds. The third-order valence-electron chi connectivity index (χ3n) is 14.2. The molecule has 0 aromatic heterocycles. The number of nitrogens with two attached hydrogens (primary N) is 1. The number of ether oxygens (including phenoxy) is 1. The van der Waals surface area contributed by atoms with Crippen molar-refractivity contribution >= 4 is 0 Å². The SMILES string of the molecule is CC(C)C(O)CC[C@@H](C)[C@H]1CC[C@H]2[C@@H]3[C@H](OCc4ccccc4)CC4C[C@@H](NCCCNCCCCN)CC[C@]4(C)[C@H]3CC[C@]12C. The normalized spacial score (nSPS) is 37.0. The van der Waals surface area contributed by atoms with Crippen LogP contribution in [0.15, 0.2) is 30.3 Å². The van der Waals surface area contributed by atoms with E-state index in [1.54, 1.807) is 0 Å². The van der Waals surface area contributed by atoms with Crippen molar-refractivity contribution in [3.8, 4) is 0 Å². The van der Waals surface area contributed by atoms with Crippen LogP contribution in [0.25, 0.3) is 0 Å². The Kier molecular flexibility index (Phi) is 13.1. The van der Waals surface area contributed by atoms with Crippen molar-refractivity contribution in [3.05, 3.63) is 35.9 Å². The molecule has 2 unspecified atom stereocenters. The Labute approximate surface area is 283 Å². The summed E-state index contributed by atoms with van der Waals surface area (Å²) in [6, 6.07) is 11.6. The number of benzene rings is 1. The van der Waals surface area contributed by atoms with Crippen LogP contribution in [0.1, 0.15) is 124 Å². The molecule has 4 aliphatic rings. The fourth-order valence-corrected chi connectivity index (χ4v) is 11.3. The van der Waals surface area contributed by atoms with Gasteiger partial charge in [0, 0.05) is 6.04 Å². The van der Waals surface area contributed by atoms with Gasteiger partial charge in [0.05, 0.1) is 18.8 Å². The van der Waals surface area contributed by atoms with Crippen molar-refractivity contribution in [2.45, 2.75) is 143 Å². The number of fused-ring (bicyclic) bond motifs is 5. The fraction of sp³-hybridized carbons (Fsp3) is 0.854. The quantitative estimate of drug-likeness (QED) is 0.130. The third-order valence-corrected chi connectivity index (χ3v) is 14.2. The van der Waals surface area contributed by atoms with Gasteiger partial charge in [0.15, 0.2) is 0 Å². The summed E-state index contributed by atoms with van der Waals surface area (Å²) in [5.41, 5.74) is 7.79. The standard InChI is InChI=1S/C41H71N3O2/c1-29(2)37(45)17-14-30(3)34-15-16-35-39-36(19-21-41(34,35)5)40(4)20-18-33(44-25-11-24-43-23-10-9-22-42)26-32(40)27-38(39)46-28-31-12-7-6-8-13-31/h6-8,12-13,29-30,32-39,43-45H,9-11,14-28,42H2,1-5H3/t30-,32?,33+,34-,35+,36+,37?,38-,39+,40+,41-/m1/s1. The van der Waals surface area contributed by atoms with Crippen LogP contribution in [0.2, 0.25) is 0 Å². The highest BCUT2D eigenvalue weighted by Gasteiger charge is 2.63. The minimum absolute atomic E-state index is 0.165. The monoisotopic (exact) mass is 638 g/mol. The van der Waals surface area contributed by atoms with Gasteiger partial charge < -0.3 is 26.2 Å². The fourth-order valence-electron chi connectivity index (χ4n) is 11.3. The summed E-state index contributed by atoms with van der Waals surface area (Å²) in [6.45, 7) is 17.1. The molecule has 0 spiro atoms. The number of nitrogens with one attached hydrogen (secondary N) is 2. The topological polar surface area (TPSA) is 79.5 Å². The highest BCUT2D eigenvalue weighted by atomic mass is 16.5. The third kappa shape index (κ3) is 8.24. The minimum Gasteiger partial charge on any atom is -0.393 e. The number of aliphatic hydroxyl groups is 1. The highest BCUT2D eigenvalue weighted by Crippen LogP contribution is 2.68. The number of rotatable bonds is 17. The highest BCUT2D eigenvalue weighted by molar-refractivity contribution is 5.15. The van der Waals surface area contributed by atoms with Crippen LogP contribution in [0.5, 0.6) is 0 Å². The van der Waals surface area contributed by atoms with Crippen LogP contribution in [-0.4, -0.2) is 49.5 Å². The smallest absolute Gasteiger partial charge is 0.0720 e. The predicted octanol–water partition coefficient (Wildman–Crippen LogP) is 7.95. The molecule has 0 bridgehead atoms. The first-order valence-electron chi connectivity index (χ1n) is 19.6. The van der Waals surface area contributed by atoms with Crippen molar-refractivity contribution in [2.75, 3.05) is 26.2 Å². The molecule has 0 saturated heterocycles. The van der Waals surface area contributed by atoms with Crippen LogP contribution >= 0.6 is 0 Å². The van der Waals surface area contributed by atoms with Crippen LogP contribution in [-0.2, 0) is 11.3 Å². The number of aliphatic hydroxyl groups excluding tert-OH is 1. The Morgan fingerprint density at radius 1 is 0.870 bits per heavy atom. The van der Waals surface area contributed by atoms with Crippen molar-refractivity contribution in [1.29, 1.82) is 0 Å². The number of unbranched alkanes of at least 4 members (excludes halogenated alkanes) is 1. The molecular weight excluding hydrogens is 566 g/mol. The molecule has 262 valence electrons. The molecule has 5 N–H and O–H groups in total. The van der Waals surface area contributed by atoms with Gasteiger partial charge in [-0.25, -0.2) is 0 Å². The van der Waals surface area contributed by atoms with Gasteiger partial charge in [0.2, 0.25) is 0 Å². The van der Waals surface area contributed by atoms with Gasteiger partial charge in [-0.2, -0.15) is 0 Å². The molecule has 4 fully saturated rings. The van der Waals surface area contributed by atoms with Gasteiger partial charge in [0.25, 0.3) is 0 Å². The molecule has 0 heterocycles. The molecule has 46 heavy (non-hydrogen) atoms. The summed E-state index contributed by atoms with van der Waals surface area (Å²) >= 11 is 0. The molecule has 5 rings (SSSR count). The largest absolute Gasteiger partial charge is 0.393 e. The van der Waals surface area contributed by atoms with Crippen LogP contribution in [0.3, 0.4) is 0 Å². The van der Waals surface area contributed by atoms with E-state index in [0.29, 0.717) is 40.7 Å². The molecule has 0 aliphatic heterocycles. The van der Waals surface area contributed by atoms with E-state index in [-0.39, 0.29) is 6.10 Å². The summed E-state index contributed by atoms with van der Waals surface area (Å²) < 4.78 is 7.11. The average Bonchev–Trinajstić information content (AvgIpc) is 3.41. The molecule has 11 atom stereocenters. The van der Waals surface area contributed by atoms with Gasteiger partial charge in [-0.05, 0) is 167 Å². The molecule has 1 aromatic carbocycles. The maximum atomic E-state index is 10.6. The second-order valence-electron chi connectivity index (χ2n) is 17.2. The van der Waals surface area contributed by atoms with Gasteiger partial charge >= 0.3 is 0 Å². The Morgan fingerprint density at radius 2 is 1.61 bits per heavy atom. The van der Waals surface area contributed by atoms with E-state index < -0.39 is 0 Å². The summed E-state index contributed by atoms with van der Waals surface area (Å²) in [6.07, 6.45) is 16.6. The summed E-state index contributed by atoms with van der Waals surface area (Å²) in [5, 5.41) is 18.2. The van der Waals surface area contributed by atoms with E-state index in [1.165, 1.54) is 69.8 Å². The zero-order chi connectivity index (χ0) is 32.7. The molecule has 5 nitrogen and oxygen atoms in total. The minimum atomic E-state index is -0.165. The van der Waals surface area contributed by atoms with Gasteiger partial charge in [-0.15, -0.1) is 0 Å². The Balaban J connectivity index is 1.26. The number of hydrogen-bond acceptors (Lipinski definition) is 5. The van der Waals surface area contributed by atoms with Crippen molar-refractivity contribution < 1.29 is 9.84 Å². The second-order valence-corrected chi connectivity index (χ2v) is 17.2. The lowest BCUT2D eigenvalue weighted by Crippen LogP contribution is -2.60. The summed E-state index contributed by atoms with van der Waals surface area (Å²) in [5.74, 6) is 4.77. The van der Waals surface area contributed by atoms with E-state index in [4.69, 9.17) is 10.5 Å². The molecule has 4 saturated carbocycles. The van der Waals surface area contributed by atoms with Crippen molar-refractivity contribution in [1.82, 2.24) is 10.6 Å². The lowest BCUT2D eigenvalue weighted by atomic mass is 9.43. The van der Waals surface area contributed by atoms with Crippen molar-refractivity contribution in [3.63, 3.8) is 0 Å². The second kappa shape index (κ2) is 16.6. The first-order valence-corrected chi connectivity index (χ1v) is 19.6. The Hall–Kier alpha value is -0.980. The molecular formula is C41H71N3O2. The number of hydrogen-bond donors (Lipinski definition) is 4. The average molecular weight is 638 g/mol. The predicted molar refractivity (Wildman–Crippen MR) is 192 cm³/mol. The maximum Gasteiger partial charge on any atom is 0.0720 e. The van der Waals surface area contributed by atoms with Crippen LogP contribution in [0.4, 0.5) is 0 Å².